The molecule has 100 valence electrons. The van der Waals surface area contributed by atoms with Gasteiger partial charge in [-0.1, -0.05) is 6.07 Å². The number of nitrogens with one attached hydrogen (secondary N) is 1. The molecule has 0 radical (unpaired) electrons. The first-order chi connectivity index (χ1) is 8.40. The third-order valence-electron chi connectivity index (χ3n) is 3.11. The van der Waals surface area contributed by atoms with E-state index in [1.165, 1.54) is 0 Å². The number of halogens is 1. The van der Waals surface area contributed by atoms with Gasteiger partial charge < -0.3 is 5.73 Å². The van der Waals surface area contributed by atoms with Crippen molar-refractivity contribution in [2.75, 3.05) is 6.54 Å². The fourth-order valence-corrected chi connectivity index (χ4v) is 3.91. The van der Waals surface area contributed by atoms with Gasteiger partial charge in [-0.05, 0) is 59.3 Å². The molecule has 6 heteroatoms. The maximum atomic E-state index is 12.2. The van der Waals surface area contributed by atoms with Crippen molar-refractivity contribution in [3.63, 3.8) is 0 Å². The minimum Gasteiger partial charge on any atom is -0.326 e. The third kappa shape index (κ3) is 3.32. The molecule has 1 aliphatic rings. The lowest BCUT2D eigenvalue weighted by atomic mass is 10.2. The Kier molecular flexibility index (Phi) is 4.11. The Morgan fingerprint density at radius 1 is 1.50 bits per heavy atom. The zero-order chi connectivity index (χ0) is 13.3. The number of sulfonamides is 1. The standard InChI is InChI=1S/C12H17BrN2O2S/c1-8-2-5-10(13)12(6-8)18(16,17)15-7-11(14)9-3-4-9/h2,5-6,9,11,15H,3-4,7,14H2,1H3. The Balaban J connectivity index is 2.11. The first-order valence-corrected chi connectivity index (χ1v) is 8.19. The molecular weight excluding hydrogens is 316 g/mol. The molecule has 1 fully saturated rings. The van der Waals surface area contributed by atoms with Gasteiger partial charge in [-0.2, -0.15) is 0 Å². The summed E-state index contributed by atoms with van der Waals surface area (Å²) in [6.07, 6.45) is 2.22. The fourth-order valence-electron chi connectivity index (χ4n) is 1.79. The first kappa shape index (κ1) is 14.0. The predicted molar refractivity (Wildman–Crippen MR) is 74.8 cm³/mol. The summed E-state index contributed by atoms with van der Waals surface area (Å²) in [5, 5.41) is 0. The largest absolute Gasteiger partial charge is 0.326 e. The van der Waals surface area contributed by atoms with Crippen LogP contribution in [0.5, 0.6) is 0 Å². The summed E-state index contributed by atoms with van der Waals surface area (Å²) in [6, 6.07) is 5.17. The lowest BCUT2D eigenvalue weighted by Crippen LogP contribution is -2.38. The van der Waals surface area contributed by atoms with E-state index >= 15 is 0 Å². The van der Waals surface area contributed by atoms with E-state index in [1.807, 2.05) is 13.0 Å². The van der Waals surface area contributed by atoms with Crippen LogP contribution < -0.4 is 10.5 Å². The van der Waals surface area contributed by atoms with E-state index in [1.54, 1.807) is 12.1 Å². The zero-order valence-electron chi connectivity index (χ0n) is 10.2. The van der Waals surface area contributed by atoms with Crippen molar-refractivity contribution in [2.24, 2.45) is 11.7 Å². The first-order valence-electron chi connectivity index (χ1n) is 5.91. The molecule has 0 spiro atoms. The summed E-state index contributed by atoms with van der Waals surface area (Å²) in [4.78, 5) is 0.269. The van der Waals surface area contributed by atoms with Crippen molar-refractivity contribution in [1.82, 2.24) is 4.72 Å². The Hall–Kier alpha value is -0.430. The van der Waals surface area contributed by atoms with Crippen LogP contribution in [0.4, 0.5) is 0 Å². The van der Waals surface area contributed by atoms with Crippen molar-refractivity contribution in [3.05, 3.63) is 28.2 Å². The molecule has 0 aliphatic heterocycles. The molecule has 1 aliphatic carbocycles. The smallest absolute Gasteiger partial charge is 0.241 e. The maximum Gasteiger partial charge on any atom is 0.241 e. The second-order valence-electron chi connectivity index (χ2n) is 4.79. The van der Waals surface area contributed by atoms with Crippen LogP contribution in [-0.2, 0) is 10.0 Å². The number of nitrogens with two attached hydrogens (primary N) is 1. The van der Waals surface area contributed by atoms with Gasteiger partial charge in [0, 0.05) is 17.1 Å². The highest BCUT2D eigenvalue weighted by Gasteiger charge is 2.29. The lowest BCUT2D eigenvalue weighted by molar-refractivity contribution is 0.547. The number of aryl methyl sites for hydroxylation is 1. The van der Waals surface area contributed by atoms with Crippen LogP contribution in [0.2, 0.25) is 0 Å². The summed E-state index contributed by atoms with van der Waals surface area (Å²) < 4.78 is 27.5. The molecule has 0 bridgehead atoms. The van der Waals surface area contributed by atoms with E-state index < -0.39 is 10.0 Å². The Labute approximate surface area is 116 Å². The van der Waals surface area contributed by atoms with Crippen LogP contribution in [-0.4, -0.2) is 21.0 Å². The van der Waals surface area contributed by atoms with Gasteiger partial charge in [0.1, 0.15) is 0 Å². The molecule has 0 amide bonds. The van der Waals surface area contributed by atoms with Gasteiger partial charge in [-0.25, -0.2) is 13.1 Å². The average molecular weight is 333 g/mol. The topological polar surface area (TPSA) is 72.2 Å². The second kappa shape index (κ2) is 5.28. The summed E-state index contributed by atoms with van der Waals surface area (Å²) in [5.41, 5.74) is 6.80. The van der Waals surface area contributed by atoms with Crippen LogP contribution in [0.15, 0.2) is 27.6 Å². The molecular formula is C12H17BrN2O2S. The highest BCUT2D eigenvalue weighted by Crippen LogP contribution is 2.31. The average Bonchev–Trinajstić information content (AvgIpc) is 3.13. The molecule has 2 rings (SSSR count). The van der Waals surface area contributed by atoms with Crippen LogP contribution >= 0.6 is 15.9 Å². The number of rotatable bonds is 5. The van der Waals surface area contributed by atoms with Crippen LogP contribution in [0.3, 0.4) is 0 Å². The van der Waals surface area contributed by atoms with Gasteiger partial charge in [-0.3, -0.25) is 0 Å². The van der Waals surface area contributed by atoms with Crippen LogP contribution in [0.1, 0.15) is 18.4 Å². The van der Waals surface area contributed by atoms with Crippen molar-refractivity contribution >= 4 is 26.0 Å². The molecule has 3 N–H and O–H groups in total. The monoisotopic (exact) mass is 332 g/mol. The van der Waals surface area contributed by atoms with Crippen LogP contribution in [0.25, 0.3) is 0 Å². The second-order valence-corrected chi connectivity index (χ2v) is 7.38. The highest BCUT2D eigenvalue weighted by atomic mass is 79.9. The van der Waals surface area contributed by atoms with Gasteiger partial charge in [0.15, 0.2) is 0 Å². The molecule has 1 unspecified atom stereocenters. The predicted octanol–water partition coefficient (Wildman–Crippen LogP) is 1.77. The van der Waals surface area contributed by atoms with E-state index in [9.17, 15) is 8.42 Å². The van der Waals surface area contributed by atoms with E-state index in [4.69, 9.17) is 5.73 Å². The fraction of sp³-hybridized carbons (Fsp3) is 0.500. The Morgan fingerprint density at radius 2 is 2.17 bits per heavy atom. The van der Waals surface area contributed by atoms with Crippen molar-refractivity contribution < 1.29 is 8.42 Å². The van der Waals surface area contributed by atoms with E-state index in [2.05, 4.69) is 20.7 Å². The minimum absolute atomic E-state index is 0.0802. The third-order valence-corrected chi connectivity index (χ3v) is 5.53. The summed E-state index contributed by atoms with van der Waals surface area (Å²) >= 11 is 3.26. The molecule has 1 aromatic carbocycles. The van der Waals surface area contributed by atoms with Gasteiger partial charge >= 0.3 is 0 Å². The van der Waals surface area contributed by atoms with Gasteiger partial charge in [0.25, 0.3) is 0 Å². The minimum atomic E-state index is -3.49. The highest BCUT2D eigenvalue weighted by molar-refractivity contribution is 9.10. The number of benzene rings is 1. The molecule has 1 aromatic rings. The van der Waals surface area contributed by atoms with Crippen molar-refractivity contribution in [1.29, 1.82) is 0 Å². The normalized spacial score (nSPS) is 17.7. The zero-order valence-corrected chi connectivity index (χ0v) is 12.6. The van der Waals surface area contributed by atoms with Gasteiger partial charge in [0.2, 0.25) is 10.0 Å². The molecule has 1 atom stereocenters. The summed E-state index contributed by atoms with van der Waals surface area (Å²) in [6.45, 7) is 2.16. The molecule has 0 heterocycles. The maximum absolute atomic E-state index is 12.2. The molecule has 0 saturated heterocycles. The lowest BCUT2D eigenvalue weighted by Gasteiger charge is -2.13. The van der Waals surface area contributed by atoms with Gasteiger partial charge in [0.05, 0.1) is 4.90 Å². The molecule has 1 saturated carbocycles. The van der Waals surface area contributed by atoms with E-state index in [0.29, 0.717) is 16.9 Å². The van der Waals surface area contributed by atoms with E-state index in [-0.39, 0.29) is 10.9 Å². The molecule has 0 aromatic heterocycles. The Morgan fingerprint density at radius 3 is 2.78 bits per heavy atom. The number of hydrogen-bond donors (Lipinski definition) is 2. The number of hydrogen-bond acceptors (Lipinski definition) is 3. The van der Waals surface area contributed by atoms with Gasteiger partial charge in [-0.15, -0.1) is 0 Å². The van der Waals surface area contributed by atoms with Crippen molar-refractivity contribution in [3.8, 4) is 0 Å². The van der Waals surface area contributed by atoms with Crippen molar-refractivity contribution in [2.45, 2.75) is 30.7 Å². The SMILES string of the molecule is Cc1ccc(Br)c(S(=O)(=O)NCC(N)C2CC2)c1. The molecule has 18 heavy (non-hydrogen) atoms. The summed E-state index contributed by atoms with van der Waals surface area (Å²) in [5.74, 6) is 0.480. The van der Waals surface area contributed by atoms with Crippen LogP contribution in [0, 0.1) is 12.8 Å². The Bertz CT molecular complexity index is 541. The van der Waals surface area contributed by atoms with E-state index in [0.717, 1.165) is 18.4 Å². The quantitative estimate of drug-likeness (QED) is 0.863. The molecule has 4 nitrogen and oxygen atoms in total. The summed E-state index contributed by atoms with van der Waals surface area (Å²) in [7, 11) is -3.49.